The van der Waals surface area contributed by atoms with Gasteiger partial charge in [-0.05, 0) is 28.3 Å². The zero-order chi connectivity index (χ0) is 11.1. The molecule has 0 unspecified atom stereocenters. The second-order valence-electron chi connectivity index (χ2n) is 3.72. The molecular formula is C10H18N4S. The minimum absolute atomic E-state index is 0.574. The van der Waals surface area contributed by atoms with Crippen molar-refractivity contribution < 1.29 is 0 Å². The molecule has 5 heteroatoms. The molecule has 0 spiro atoms. The Bertz CT molecular complexity index is 292. The Morgan fingerprint density at radius 1 is 1.60 bits per heavy atom. The van der Waals surface area contributed by atoms with E-state index in [0.717, 1.165) is 6.54 Å². The van der Waals surface area contributed by atoms with Crippen molar-refractivity contribution in [2.24, 2.45) is 16.8 Å². The summed E-state index contributed by atoms with van der Waals surface area (Å²) < 4.78 is 0. The molecule has 0 saturated heterocycles. The third-order valence-electron chi connectivity index (χ3n) is 1.81. The molecule has 0 amide bonds. The normalized spacial score (nSPS) is 11.9. The van der Waals surface area contributed by atoms with Crippen molar-refractivity contribution in [2.75, 3.05) is 6.54 Å². The molecule has 0 radical (unpaired) electrons. The summed E-state index contributed by atoms with van der Waals surface area (Å²) in [7, 11) is 0. The lowest BCUT2D eigenvalue weighted by molar-refractivity contribution is 0.615. The number of hydrogen-bond donors (Lipinski definition) is 3. The summed E-state index contributed by atoms with van der Waals surface area (Å²) >= 11 is 1.68. The Morgan fingerprint density at radius 2 is 2.40 bits per heavy atom. The molecule has 1 aromatic heterocycles. The fourth-order valence-corrected chi connectivity index (χ4v) is 1.67. The van der Waals surface area contributed by atoms with Crippen LogP contribution in [0.4, 0.5) is 0 Å². The van der Waals surface area contributed by atoms with E-state index in [0.29, 0.717) is 18.4 Å². The monoisotopic (exact) mass is 226 g/mol. The quantitative estimate of drug-likeness (QED) is 0.314. The standard InChI is InChI=1S/C10H18N4S/c1-8(2)5-12-10(14-11)13-6-9-3-4-15-7-9/h3-4,7-8H,5-6,11H2,1-2H3,(H2,12,13,14). The van der Waals surface area contributed by atoms with Gasteiger partial charge in [0, 0.05) is 6.54 Å². The first kappa shape index (κ1) is 12.0. The van der Waals surface area contributed by atoms with Crippen LogP contribution < -0.4 is 16.6 Å². The molecule has 1 rings (SSSR count). The van der Waals surface area contributed by atoms with E-state index >= 15 is 0 Å². The van der Waals surface area contributed by atoms with E-state index in [9.17, 15) is 0 Å². The molecule has 0 aromatic carbocycles. The van der Waals surface area contributed by atoms with Crippen LogP contribution in [0.2, 0.25) is 0 Å². The highest BCUT2D eigenvalue weighted by Crippen LogP contribution is 2.06. The van der Waals surface area contributed by atoms with Gasteiger partial charge in [0.2, 0.25) is 5.96 Å². The van der Waals surface area contributed by atoms with E-state index < -0.39 is 0 Å². The van der Waals surface area contributed by atoms with E-state index in [2.05, 4.69) is 41.0 Å². The van der Waals surface area contributed by atoms with Crippen LogP contribution >= 0.6 is 11.3 Å². The summed E-state index contributed by atoms with van der Waals surface area (Å²) in [6.07, 6.45) is 0. The topological polar surface area (TPSA) is 62.4 Å². The van der Waals surface area contributed by atoms with Gasteiger partial charge in [0.15, 0.2) is 0 Å². The Kier molecular flexibility index (Phi) is 5.14. The van der Waals surface area contributed by atoms with Gasteiger partial charge >= 0.3 is 0 Å². The minimum Gasteiger partial charge on any atom is -0.355 e. The molecule has 1 heterocycles. The lowest BCUT2D eigenvalue weighted by Crippen LogP contribution is -2.42. The van der Waals surface area contributed by atoms with Crippen LogP contribution in [-0.4, -0.2) is 12.5 Å². The van der Waals surface area contributed by atoms with Crippen molar-refractivity contribution in [2.45, 2.75) is 20.4 Å². The smallest absolute Gasteiger partial charge is 0.206 e. The van der Waals surface area contributed by atoms with E-state index in [-0.39, 0.29) is 0 Å². The molecule has 0 aliphatic carbocycles. The Hall–Kier alpha value is -1.07. The highest BCUT2D eigenvalue weighted by molar-refractivity contribution is 7.07. The summed E-state index contributed by atoms with van der Waals surface area (Å²) in [6.45, 7) is 5.81. The lowest BCUT2D eigenvalue weighted by atomic mass is 10.2. The predicted octanol–water partition coefficient (Wildman–Crippen LogP) is 1.31. The third kappa shape index (κ3) is 4.80. The number of nitrogens with one attached hydrogen (secondary N) is 2. The van der Waals surface area contributed by atoms with Crippen molar-refractivity contribution in [1.29, 1.82) is 0 Å². The van der Waals surface area contributed by atoms with Gasteiger partial charge in [0.25, 0.3) is 0 Å². The van der Waals surface area contributed by atoms with Crippen molar-refractivity contribution in [3.8, 4) is 0 Å². The number of thiophene rings is 1. The van der Waals surface area contributed by atoms with Crippen molar-refractivity contribution >= 4 is 17.3 Å². The van der Waals surface area contributed by atoms with Crippen molar-refractivity contribution in [3.05, 3.63) is 22.4 Å². The summed E-state index contributed by atoms with van der Waals surface area (Å²) in [4.78, 5) is 4.33. The third-order valence-corrected chi connectivity index (χ3v) is 2.55. The number of rotatable bonds is 4. The number of nitrogens with zero attached hydrogens (tertiary/aromatic N) is 1. The number of aliphatic imine (C=N–C) groups is 1. The van der Waals surface area contributed by atoms with Gasteiger partial charge in [0.05, 0.1) is 6.54 Å². The summed E-state index contributed by atoms with van der Waals surface area (Å²) in [5.74, 6) is 6.58. The molecule has 4 N–H and O–H groups in total. The van der Waals surface area contributed by atoms with Gasteiger partial charge in [0.1, 0.15) is 0 Å². The molecule has 0 bridgehead atoms. The predicted molar refractivity (Wildman–Crippen MR) is 65.6 cm³/mol. The second kappa shape index (κ2) is 6.42. The van der Waals surface area contributed by atoms with E-state index in [4.69, 9.17) is 5.84 Å². The maximum Gasteiger partial charge on any atom is 0.206 e. The zero-order valence-corrected chi connectivity index (χ0v) is 9.97. The van der Waals surface area contributed by atoms with Gasteiger partial charge in [-0.2, -0.15) is 11.3 Å². The van der Waals surface area contributed by atoms with E-state index in [1.807, 2.05) is 5.38 Å². The average Bonchev–Trinajstić information content (AvgIpc) is 2.70. The molecule has 4 nitrogen and oxygen atoms in total. The SMILES string of the molecule is CC(C)CNC(=NCc1ccsc1)NN. The summed E-state index contributed by atoms with van der Waals surface area (Å²) in [5, 5.41) is 7.28. The maximum absolute atomic E-state index is 5.36. The van der Waals surface area contributed by atoms with Gasteiger partial charge in [-0.1, -0.05) is 13.8 Å². The van der Waals surface area contributed by atoms with Crippen molar-refractivity contribution in [3.63, 3.8) is 0 Å². The first-order valence-electron chi connectivity index (χ1n) is 4.98. The molecule has 0 saturated carbocycles. The van der Waals surface area contributed by atoms with Crippen LogP contribution in [-0.2, 0) is 6.54 Å². The van der Waals surface area contributed by atoms with Crippen molar-refractivity contribution in [1.82, 2.24) is 10.7 Å². The van der Waals surface area contributed by atoms with Gasteiger partial charge in [-0.15, -0.1) is 0 Å². The molecule has 84 valence electrons. The maximum atomic E-state index is 5.36. The average molecular weight is 226 g/mol. The Balaban J connectivity index is 2.40. The lowest BCUT2D eigenvalue weighted by Gasteiger charge is -2.10. The van der Waals surface area contributed by atoms with Gasteiger partial charge < -0.3 is 5.32 Å². The van der Waals surface area contributed by atoms with Crippen LogP contribution in [0.3, 0.4) is 0 Å². The fraction of sp³-hybridized carbons (Fsp3) is 0.500. The fourth-order valence-electron chi connectivity index (χ4n) is 1.01. The molecule has 0 fully saturated rings. The highest BCUT2D eigenvalue weighted by Gasteiger charge is 1.98. The number of hydrogen-bond acceptors (Lipinski definition) is 3. The zero-order valence-electron chi connectivity index (χ0n) is 9.16. The largest absolute Gasteiger partial charge is 0.355 e. The summed E-state index contributed by atoms with van der Waals surface area (Å²) in [5.41, 5.74) is 3.77. The van der Waals surface area contributed by atoms with Crippen LogP contribution in [0.15, 0.2) is 21.8 Å². The molecule has 0 atom stereocenters. The highest BCUT2D eigenvalue weighted by atomic mass is 32.1. The molecular weight excluding hydrogens is 208 g/mol. The summed E-state index contributed by atoms with van der Waals surface area (Å²) in [6, 6.07) is 2.06. The number of hydrazine groups is 1. The minimum atomic E-state index is 0.574. The molecule has 15 heavy (non-hydrogen) atoms. The van der Waals surface area contributed by atoms with Gasteiger partial charge in [-0.25, -0.2) is 10.8 Å². The molecule has 0 aliphatic heterocycles. The van der Waals surface area contributed by atoms with E-state index in [1.54, 1.807) is 11.3 Å². The van der Waals surface area contributed by atoms with Crippen LogP contribution in [0, 0.1) is 5.92 Å². The van der Waals surface area contributed by atoms with Crippen LogP contribution in [0.1, 0.15) is 19.4 Å². The Morgan fingerprint density at radius 3 is 2.93 bits per heavy atom. The Labute approximate surface area is 94.6 Å². The first-order chi connectivity index (χ1) is 7.22. The second-order valence-corrected chi connectivity index (χ2v) is 4.50. The first-order valence-corrected chi connectivity index (χ1v) is 5.92. The van der Waals surface area contributed by atoms with Gasteiger partial charge in [-0.3, -0.25) is 5.43 Å². The molecule has 1 aromatic rings. The van der Waals surface area contributed by atoms with E-state index in [1.165, 1.54) is 5.56 Å². The van der Waals surface area contributed by atoms with Crippen LogP contribution in [0.25, 0.3) is 0 Å². The van der Waals surface area contributed by atoms with Crippen LogP contribution in [0.5, 0.6) is 0 Å². The number of guanidine groups is 1. The number of nitrogens with two attached hydrogens (primary N) is 1. The molecule has 0 aliphatic rings.